The summed E-state index contributed by atoms with van der Waals surface area (Å²) < 4.78 is 6.41. The lowest BCUT2D eigenvalue weighted by atomic mass is 10.1. The Bertz CT molecular complexity index is 989. The smallest absolute Gasteiger partial charge is 0.174 e. The lowest BCUT2D eigenvalue weighted by Crippen LogP contribution is -1.76. The molecule has 122 valence electrons. The van der Waals surface area contributed by atoms with Crippen molar-refractivity contribution in [2.75, 3.05) is 0 Å². The van der Waals surface area contributed by atoms with Crippen molar-refractivity contribution in [1.82, 2.24) is 5.16 Å². The molecule has 0 radical (unpaired) electrons. The maximum absolute atomic E-state index is 8.27. The lowest BCUT2D eigenvalue weighted by molar-refractivity contribution is 0.441. The molecule has 4 heteroatoms. The molecule has 0 bridgehead atoms. The Morgan fingerprint density at radius 1 is 0.920 bits per heavy atom. The summed E-state index contributed by atoms with van der Waals surface area (Å²) in [5, 5.41) is 13.3. The predicted molar refractivity (Wildman–Crippen MR) is 103 cm³/mol. The van der Waals surface area contributed by atoms with Crippen molar-refractivity contribution in [1.29, 1.82) is 5.26 Å². The average molecular weight is 391 g/mol. The number of hydrogen-bond acceptors (Lipinski definition) is 3. The van der Waals surface area contributed by atoms with Crippen LogP contribution in [0.15, 0.2) is 87.9 Å². The second kappa shape index (κ2) is 8.27. The fraction of sp³-hybridized carbons (Fsp3) is 0.0476. The van der Waals surface area contributed by atoms with E-state index >= 15 is 0 Å². The van der Waals surface area contributed by atoms with E-state index in [0.29, 0.717) is 6.42 Å². The lowest BCUT2D eigenvalue weighted by Gasteiger charge is -1.95. The zero-order chi connectivity index (χ0) is 17.5. The van der Waals surface area contributed by atoms with Crippen LogP contribution in [0.5, 0.6) is 0 Å². The fourth-order valence-corrected chi connectivity index (χ4v) is 2.76. The van der Waals surface area contributed by atoms with Crippen LogP contribution in [-0.2, 0) is 6.42 Å². The summed E-state index contributed by atoms with van der Waals surface area (Å²) in [7, 11) is 0. The monoisotopic (exact) mass is 390 g/mol. The minimum Gasteiger partial charge on any atom is -0.355 e. The molecule has 4 rings (SSSR count). The van der Waals surface area contributed by atoms with Gasteiger partial charge in [-0.05, 0) is 23.8 Å². The third-order valence-electron chi connectivity index (χ3n) is 3.60. The van der Waals surface area contributed by atoms with Gasteiger partial charge in [0.25, 0.3) is 0 Å². The van der Waals surface area contributed by atoms with Gasteiger partial charge >= 0.3 is 0 Å². The molecule has 0 atom stereocenters. The number of nitriles is 1. The summed E-state index contributed by atoms with van der Waals surface area (Å²) >= 11 is 3.45. The van der Waals surface area contributed by atoms with Crippen molar-refractivity contribution in [2.24, 2.45) is 0 Å². The van der Waals surface area contributed by atoms with Crippen LogP contribution >= 0.6 is 15.9 Å². The van der Waals surface area contributed by atoms with Crippen LogP contribution in [0.25, 0.3) is 22.2 Å². The first-order valence-corrected chi connectivity index (χ1v) is 8.58. The number of fused-ring (bicyclic) bond motifs is 1. The molecule has 0 fully saturated rings. The summed E-state index contributed by atoms with van der Waals surface area (Å²) in [6.07, 6.45) is 0.515. The van der Waals surface area contributed by atoms with E-state index in [1.807, 2.05) is 78.9 Å². The number of aromatic nitrogens is 1. The quantitative estimate of drug-likeness (QED) is 0.421. The highest BCUT2D eigenvalue weighted by Gasteiger charge is 2.10. The number of benzene rings is 3. The van der Waals surface area contributed by atoms with Gasteiger partial charge in [0.05, 0.1) is 17.9 Å². The summed E-state index contributed by atoms with van der Waals surface area (Å²) in [6.45, 7) is 0. The minimum atomic E-state index is 0.515. The predicted octanol–water partition coefficient (Wildman–Crippen LogP) is 6.01. The first kappa shape index (κ1) is 16.9. The highest BCUT2D eigenvalue weighted by atomic mass is 79.9. The molecule has 1 heterocycles. The zero-order valence-electron chi connectivity index (χ0n) is 13.4. The van der Waals surface area contributed by atoms with Gasteiger partial charge in [-0.3, -0.25) is 0 Å². The van der Waals surface area contributed by atoms with Crippen molar-refractivity contribution in [3.63, 3.8) is 0 Å². The molecular weight excluding hydrogens is 376 g/mol. The third kappa shape index (κ3) is 4.34. The van der Waals surface area contributed by atoms with Crippen LogP contribution in [0, 0.1) is 11.3 Å². The first-order chi connectivity index (χ1) is 12.3. The number of nitrogens with zero attached hydrogens (tertiary/aromatic N) is 2. The standard InChI is InChI=1S/C13H8BrNO.C8H7N/c14-10-6-7-12-11(8-10)13(16-15-12)9-4-2-1-3-5-9;9-7-6-8-4-2-1-3-5-8/h1-8H;1-5H,6H2. The number of hydrogen-bond donors (Lipinski definition) is 0. The van der Waals surface area contributed by atoms with Crippen LogP contribution < -0.4 is 0 Å². The van der Waals surface area contributed by atoms with E-state index in [0.717, 1.165) is 32.3 Å². The van der Waals surface area contributed by atoms with Crippen LogP contribution in [0.2, 0.25) is 0 Å². The Morgan fingerprint density at radius 2 is 1.60 bits per heavy atom. The molecule has 1 aromatic heterocycles. The molecule has 0 saturated heterocycles. The normalized spacial score (nSPS) is 9.92. The van der Waals surface area contributed by atoms with E-state index in [1.54, 1.807) is 0 Å². The van der Waals surface area contributed by atoms with Gasteiger partial charge in [-0.1, -0.05) is 81.8 Å². The Hall–Kier alpha value is -2.90. The van der Waals surface area contributed by atoms with Gasteiger partial charge in [0.1, 0.15) is 5.52 Å². The van der Waals surface area contributed by atoms with E-state index in [9.17, 15) is 0 Å². The van der Waals surface area contributed by atoms with Crippen LogP contribution in [0.3, 0.4) is 0 Å². The molecule has 3 aromatic carbocycles. The Balaban J connectivity index is 0.000000173. The molecule has 0 aliphatic rings. The van der Waals surface area contributed by atoms with Crippen molar-refractivity contribution in [3.05, 3.63) is 88.9 Å². The SMILES string of the molecule is Brc1ccc2noc(-c3ccccc3)c2c1.N#CCc1ccccc1. The van der Waals surface area contributed by atoms with Gasteiger partial charge in [-0.15, -0.1) is 0 Å². The summed E-state index contributed by atoms with van der Waals surface area (Å²) in [6, 6.07) is 27.7. The second-order valence-electron chi connectivity index (χ2n) is 5.36. The topological polar surface area (TPSA) is 49.8 Å². The van der Waals surface area contributed by atoms with Crippen molar-refractivity contribution >= 4 is 26.8 Å². The second-order valence-corrected chi connectivity index (χ2v) is 6.28. The number of halogens is 1. The van der Waals surface area contributed by atoms with Gasteiger partial charge in [-0.25, -0.2) is 0 Å². The van der Waals surface area contributed by atoms with Crippen molar-refractivity contribution < 1.29 is 4.52 Å². The van der Waals surface area contributed by atoms with Gasteiger partial charge in [0.2, 0.25) is 0 Å². The van der Waals surface area contributed by atoms with E-state index in [4.69, 9.17) is 9.78 Å². The van der Waals surface area contributed by atoms with Gasteiger partial charge in [0, 0.05) is 10.0 Å². The third-order valence-corrected chi connectivity index (χ3v) is 4.09. The van der Waals surface area contributed by atoms with Gasteiger partial charge in [0.15, 0.2) is 5.76 Å². The first-order valence-electron chi connectivity index (χ1n) is 7.79. The Morgan fingerprint density at radius 3 is 2.28 bits per heavy atom. The summed E-state index contributed by atoms with van der Waals surface area (Å²) in [5.41, 5.74) is 3.00. The van der Waals surface area contributed by atoms with E-state index < -0.39 is 0 Å². The largest absolute Gasteiger partial charge is 0.355 e. The molecular formula is C21H15BrN2O. The molecule has 0 N–H and O–H groups in total. The molecule has 0 amide bonds. The number of rotatable bonds is 2. The van der Waals surface area contributed by atoms with Crippen molar-refractivity contribution in [3.8, 4) is 17.4 Å². The van der Waals surface area contributed by atoms with Crippen LogP contribution in [0.4, 0.5) is 0 Å². The molecule has 0 aliphatic heterocycles. The van der Waals surface area contributed by atoms with Crippen molar-refractivity contribution in [2.45, 2.75) is 6.42 Å². The maximum Gasteiger partial charge on any atom is 0.174 e. The summed E-state index contributed by atoms with van der Waals surface area (Å²) in [4.78, 5) is 0. The minimum absolute atomic E-state index is 0.515. The van der Waals surface area contributed by atoms with Crippen LogP contribution in [0.1, 0.15) is 5.56 Å². The Labute approximate surface area is 154 Å². The highest BCUT2D eigenvalue weighted by molar-refractivity contribution is 9.10. The average Bonchev–Trinajstić information content (AvgIpc) is 3.07. The molecule has 0 aliphatic carbocycles. The highest BCUT2D eigenvalue weighted by Crippen LogP contribution is 2.30. The molecule has 4 aromatic rings. The molecule has 0 unspecified atom stereocenters. The fourth-order valence-electron chi connectivity index (χ4n) is 2.40. The zero-order valence-corrected chi connectivity index (χ0v) is 15.0. The van der Waals surface area contributed by atoms with Gasteiger partial charge < -0.3 is 4.52 Å². The van der Waals surface area contributed by atoms with Gasteiger partial charge in [-0.2, -0.15) is 5.26 Å². The molecule has 25 heavy (non-hydrogen) atoms. The summed E-state index contributed by atoms with van der Waals surface area (Å²) in [5.74, 6) is 0.817. The maximum atomic E-state index is 8.27. The van der Waals surface area contributed by atoms with E-state index in [2.05, 4.69) is 27.2 Å². The van der Waals surface area contributed by atoms with Crippen LogP contribution in [-0.4, -0.2) is 5.16 Å². The molecule has 0 saturated carbocycles. The van der Waals surface area contributed by atoms with E-state index in [-0.39, 0.29) is 0 Å². The molecule has 0 spiro atoms. The Kier molecular flexibility index (Phi) is 5.61. The van der Waals surface area contributed by atoms with E-state index in [1.165, 1.54) is 0 Å². The molecule has 3 nitrogen and oxygen atoms in total.